The van der Waals surface area contributed by atoms with Crippen molar-refractivity contribution in [1.82, 2.24) is 10.6 Å². The third kappa shape index (κ3) is 1.51. The van der Waals surface area contributed by atoms with Crippen molar-refractivity contribution in [3.63, 3.8) is 0 Å². The number of nitrogens with two attached hydrogens (primary N) is 1. The summed E-state index contributed by atoms with van der Waals surface area (Å²) < 4.78 is 0. The molecule has 6 heteroatoms. The highest BCUT2D eigenvalue weighted by molar-refractivity contribution is 6.04. The number of amides is 4. The summed E-state index contributed by atoms with van der Waals surface area (Å²) in [6, 6.07) is -1.06. The first-order valence-corrected chi connectivity index (χ1v) is 6.11. The minimum Gasteiger partial charge on any atom is -0.369 e. The van der Waals surface area contributed by atoms with E-state index < -0.39 is 22.9 Å². The normalized spacial score (nSPS) is 38.4. The molecule has 0 aromatic heterocycles. The van der Waals surface area contributed by atoms with Crippen LogP contribution in [-0.2, 0) is 9.59 Å². The Morgan fingerprint density at radius 1 is 1.33 bits per heavy atom. The molecule has 0 aromatic rings. The lowest BCUT2D eigenvalue weighted by Crippen LogP contribution is -2.52. The van der Waals surface area contributed by atoms with Crippen LogP contribution in [0, 0.1) is 16.7 Å². The zero-order chi connectivity index (χ0) is 13.7. The maximum absolute atomic E-state index is 11.8. The molecule has 100 valence electrons. The molecular weight excluding hydrogens is 234 g/mol. The lowest BCUT2D eigenvalue weighted by atomic mass is 9.62. The topological polar surface area (TPSA) is 101 Å². The zero-order valence-corrected chi connectivity index (χ0v) is 10.9. The van der Waals surface area contributed by atoms with Crippen LogP contribution in [0.5, 0.6) is 0 Å². The standard InChI is InChI=1S/C12H19N3O3/c1-11(2)6(8(13)16)4-5-12(11,3)7-9(17)15-10(18)14-7/h6-7H,4-5H2,1-3H3,(H2,13,16)(H2,14,15,17,18)/t6-,7-,12-/m0/s1. The second-order valence-electron chi connectivity index (χ2n) is 6.03. The minimum absolute atomic E-state index is 0.271. The van der Waals surface area contributed by atoms with Crippen molar-refractivity contribution in [2.45, 2.75) is 39.7 Å². The second kappa shape index (κ2) is 3.70. The van der Waals surface area contributed by atoms with Crippen LogP contribution in [0.2, 0.25) is 0 Å². The molecule has 0 unspecified atom stereocenters. The van der Waals surface area contributed by atoms with E-state index in [-0.39, 0.29) is 17.7 Å². The van der Waals surface area contributed by atoms with Crippen molar-refractivity contribution < 1.29 is 14.4 Å². The van der Waals surface area contributed by atoms with E-state index >= 15 is 0 Å². The molecule has 0 bridgehead atoms. The highest BCUT2D eigenvalue weighted by Gasteiger charge is 2.60. The Morgan fingerprint density at radius 3 is 2.33 bits per heavy atom. The van der Waals surface area contributed by atoms with Gasteiger partial charge < -0.3 is 11.1 Å². The van der Waals surface area contributed by atoms with Gasteiger partial charge in [-0.25, -0.2) is 4.79 Å². The van der Waals surface area contributed by atoms with Crippen LogP contribution in [0.25, 0.3) is 0 Å². The molecule has 1 aliphatic heterocycles. The average molecular weight is 253 g/mol. The molecule has 18 heavy (non-hydrogen) atoms. The Labute approximate surface area is 106 Å². The van der Waals surface area contributed by atoms with E-state index in [0.717, 1.165) is 0 Å². The number of rotatable bonds is 2. The maximum atomic E-state index is 11.8. The van der Waals surface area contributed by atoms with Crippen LogP contribution in [0.1, 0.15) is 33.6 Å². The molecule has 1 saturated carbocycles. The van der Waals surface area contributed by atoms with Gasteiger partial charge in [0.2, 0.25) is 5.91 Å². The van der Waals surface area contributed by atoms with Crippen LogP contribution in [0.15, 0.2) is 0 Å². The minimum atomic E-state index is -0.593. The number of imide groups is 1. The summed E-state index contributed by atoms with van der Waals surface area (Å²) in [6.45, 7) is 5.81. The number of carbonyl (C=O) groups is 3. The molecular formula is C12H19N3O3. The van der Waals surface area contributed by atoms with Gasteiger partial charge in [-0.05, 0) is 18.3 Å². The summed E-state index contributed by atoms with van der Waals surface area (Å²) in [4.78, 5) is 34.6. The molecule has 0 aromatic carbocycles. The summed E-state index contributed by atoms with van der Waals surface area (Å²) in [7, 11) is 0. The Balaban J connectivity index is 2.35. The van der Waals surface area contributed by atoms with Gasteiger partial charge in [0, 0.05) is 11.3 Å². The first-order valence-electron chi connectivity index (χ1n) is 6.11. The monoisotopic (exact) mass is 253 g/mol. The molecule has 0 spiro atoms. The van der Waals surface area contributed by atoms with Gasteiger partial charge in [-0.3, -0.25) is 14.9 Å². The predicted octanol–water partition coefficient (Wildman–Crippen LogP) is 0.122. The van der Waals surface area contributed by atoms with Gasteiger partial charge in [0.05, 0.1) is 0 Å². The molecule has 2 fully saturated rings. The smallest absolute Gasteiger partial charge is 0.322 e. The average Bonchev–Trinajstić information content (AvgIpc) is 2.67. The van der Waals surface area contributed by atoms with Gasteiger partial charge in [-0.1, -0.05) is 20.8 Å². The third-order valence-electron chi connectivity index (χ3n) is 5.05. The lowest BCUT2D eigenvalue weighted by molar-refractivity contribution is -0.130. The first kappa shape index (κ1) is 12.9. The van der Waals surface area contributed by atoms with E-state index in [9.17, 15) is 14.4 Å². The van der Waals surface area contributed by atoms with E-state index in [4.69, 9.17) is 5.73 Å². The highest BCUT2D eigenvalue weighted by atomic mass is 16.2. The molecule has 3 atom stereocenters. The molecule has 4 amide bonds. The SMILES string of the molecule is CC1(C)[C@H](C(N)=O)CC[C@@]1(C)[C@H]1NC(=O)NC1=O. The third-order valence-corrected chi connectivity index (χ3v) is 5.05. The lowest BCUT2D eigenvalue weighted by Gasteiger charge is -2.43. The molecule has 1 saturated heterocycles. The predicted molar refractivity (Wildman–Crippen MR) is 64.3 cm³/mol. The van der Waals surface area contributed by atoms with Crippen LogP contribution < -0.4 is 16.4 Å². The quantitative estimate of drug-likeness (QED) is 0.609. The van der Waals surface area contributed by atoms with Crippen molar-refractivity contribution in [1.29, 1.82) is 0 Å². The van der Waals surface area contributed by atoms with Crippen molar-refractivity contribution >= 4 is 17.8 Å². The van der Waals surface area contributed by atoms with Crippen LogP contribution in [-0.4, -0.2) is 23.9 Å². The van der Waals surface area contributed by atoms with Crippen LogP contribution in [0.3, 0.4) is 0 Å². The Morgan fingerprint density at radius 2 is 1.94 bits per heavy atom. The zero-order valence-electron chi connectivity index (χ0n) is 10.9. The fourth-order valence-electron chi connectivity index (χ4n) is 3.40. The van der Waals surface area contributed by atoms with Gasteiger partial charge >= 0.3 is 6.03 Å². The van der Waals surface area contributed by atoms with Crippen molar-refractivity contribution in [3.8, 4) is 0 Å². The van der Waals surface area contributed by atoms with Crippen molar-refractivity contribution in [2.75, 3.05) is 0 Å². The molecule has 0 radical (unpaired) electrons. The number of urea groups is 1. The van der Waals surface area contributed by atoms with Gasteiger partial charge in [0.1, 0.15) is 6.04 Å². The molecule has 1 aliphatic carbocycles. The summed E-state index contributed by atoms with van der Waals surface area (Å²) in [5.41, 5.74) is 4.53. The number of carbonyl (C=O) groups excluding carboxylic acids is 3. The summed E-state index contributed by atoms with van der Waals surface area (Å²) in [5.74, 6) is -0.929. The van der Waals surface area contributed by atoms with Gasteiger partial charge in [0.25, 0.3) is 5.91 Å². The number of nitrogens with one attached hydrogen (secondary N) is 2. The van der Waals surface area contributed by atoms with Crippen LogP contribution in [0.4, 0.5) is 4.79 Å². The molecule has 2 aliphatic rings. The molecule has 6 nitrogen and oxygen atoms in total. The fourth-order valence-corrected chi connectivity index (χ4v) is 3.40. The van der Waals surface area contributed by atoms with E-state index in [1.165, 1.54) is 0 Å². The largest absolute Gasteiger partial charge is 0.369 e. The maximum Gasteiger partial charge on any atom is 0.322 e. The van der Waals surface area contributed by atoms with Gasteiger partial charge in [-0.2, -0.15) is 0 Å². The molecule has 4 N–H and O–H groups in total. The number of hydrogen-bond donors (Lipinski definition) is 3. The Kier molecular flexibility index (Phi) is 2.64. The first-order chi connectivity index (χ1) is 8.20. The van der Waals surface area contributed by atoms with Gasteiger partial charge in [-0.15, -0.1) is 0 Å². The highest BCUT2D eigenvalue weighted by Crippen LogP contribution is 2.57. The summed E-state index contributed by atoms with van der Waals surface area (Å²) >= 11 is 0. The van der Waals surface area contributed by atoms with Crippen molar-refractivity contribution in [2.24, 2.45) is 22.5 Å². The summed E-state index contributed by atoms with van der Waals surface area (Å²) in [6.07, 6.45) is 1.34. The van der Waals surface area contributed by atoms with E-state index in [2.05, 4.69) is 10.6 Å². The van der Waals surface area contributed by atoms with E-state index in [1.54, 1.807) is 0 Å². The fraction of sp³-hybridized carbons (Fsp3) is 0.750. The Hall–Kier alpha value is -1.59. The Bertz CT molecular complexity index is 432. The molecule has 2 rings (SSSR count). The van der Waals surface area contributed by atoms with E-state index in [0.29, 0.717) is 12.8 Å². The van der Waals surface area contributed by atoms with Crippen molar-refractivity contribution in [3.05, 3.63) is 0 Å². The molecule has 1 heterocycles. The number of primary amides is 1. The summed E-state index contributed by atoms with van der Waals surface area (Å²) in [5, 5.41) is 4.90. The van der Waals surface area contributed by atoms with Crippen LogP contribution >= 0.6 is 0 Å². The number of hydrogen-bond acceptors (Lipinski definition) is 3. The second-order valence-corrected chi connectivity index (χ2v) is 6.03. The van der Waals surface area contributed by atoms with Gasteiger partial charge in [0.15, 0.2) is 0 Å². The van der Waals surface area contributed by atoms with E-state index in [1.807, 2.05) is 20.8 Å².